The Bertz CT molecular complexity index is 308. The molecule has 1 aromatic rings. The van der Waals surface area contributed by atoms with Gasteiger partial charge >= 0.3 is 0 Å². The first-order valence-electron chi connectivity index (χ1n) is 6.37. The molecule has 1 heterocycles. The summed E-state index contributed by atoms with van der Waals surface area (Å²) in [4.78, 5) is 1.35. The molecular weight excluding hydrogens is 318 g/mol. The van der Waals surface area contributed by atoms with E-state index in [0.717, 1.165) is 15.4 Å². The van der Waals surface area contributed by atoms with Gasteiger partial charge in [0.2, 0.25) is 0 Å². The predicted octanol–water partition coefficient (Wildman–Crippen LogP) is 5.79. The van der Waals surface area contributed by atoms with Crippen molar-refractivity contribution >= 4 is 38.9 Å². The van der Waals surface area contributed by atoms with Crippen LogP contribution in [0.4, 0.5) is 0 Å². The van der Waals surface area contributed by atoms with Gasteiger partial charge in [0.05, 0.1) is 8.81 Å². The Morgan fingerprint density at radius 1 is 1.35 bits per heavy atom. The molecule has 0 aromatic carbocycles. The minimum atomic E-state index is 0.468. The maximum atomic E-state index is 6.10. The van der Waals surface area contributed by atoms with E-state index in [9.17, 15) is 0 Å². The van der Waals surface area contributed by atoms with Crippen molar-refractivity contribution in [2.45, 2.75) is 52.0 Å². The molecule has 17 heavy (non-hydrogen) atoms. The Morgan fingerprint density at radius 3 is 2.65 bits per heavy atom. The monoisotopic (exact) mass is 337 g/mol. The van der Waals surface area contributed by atoms with Crippen LogP contribution >= 0.6 is 38.9 Å². The SMILES string of the molecule is CCCCCC(NCCC)c1cc(Cl)c(Br)s1. The average molecular weight is 339 g/mol. The summed E-state index contributed by atoms with van der Waals surface area (Å²) in [5.74, 6) is 0. The molecule has 0 bridgehead atoms. The predicted molar refractivity (Wildman–Crippen MR) is 82.2 cm³/mol. The highest BCUT2D eigenvalue weighted by atomic mass is 79.9. The molecule has 4 heteroatoms. The van der Waals surface area contributed by atoms with E-state index in [1.54, 1.807) is 11.3 Å². The smallest absolute Gasteiger partial charge is 0.0887 e. The van der Waals surface area contributed by atoms with E-state index in [0.29, 0.717) is 6.04 Å². The van der Waals surface area contributed by atoms with Crippen LogP contribution in [0, 0.1) is 0 Å². The van der Waals surface area contributed by atoms with Gasteiger partial charge in [-0.1, -0.05) is 44.7 Å². The van der Waals surface area contributed by atoms with Gasteiger partial charge in [0.15, 0.2) is 0 Å². The van der Waals surface area contributed by atoms with Crippen LogP contribution in [0.3, 0.4) is 0 Å². The Morgan fingerprint density at radius 2 is 2.12 bits per heavy atom. The Labute approximate surface area is 122 Å². The van der Waals surface area contributed by atoms with Gasteiger partial charge in [0.1, 0.15) is 0 Å². The number of hydrogen-bond donors (Lipinski definition) is 1. The fourth-order valence-electron chi connectivity index (χ4n) is 1.80. The van der Waals surface area contributed by atoms with Crippen LogP contribution in [-0.2, 0) is 0 Å². The first kappa shape index (κ1) is 15.5. The first-order valence-corrected chi connectivity index (χ1v) is 8.35. The van der Waals surface area contributed by atoms with Crippen molar-refractivity contribution in [3.63, 3.8) is 0 Å². The second-order valence-electron chi connectivity index (χ2n) is 4.27. The maximum Gasteiger partial charge on any atom is 0.0887 e. The standard InChI is InChI=1S/C13H21BrClNS/c1-3-5-6-7-11(16-8-4-2)12-9-10(15)13(14)17-12/h9,11,16H,3-8H2,1-2H3. The summed E-state index contributed by atoms with van der Waals surface area (Å²) in [6.07, 6.45) is 6.24. The van der Waals surface area contributed by atoms with Gasteiger partial charge < -0.3 is 5.32 Å². The maximum absolute atomic E-state index is 6.10. The highest BCUT2D eigenvalue weighted by molar-refractivity contribution is 9.11. The zero-order valence-corrected chi connectivity index (χ0v) is 13.7. The van der Waals surface area contributed by atoms with E-state index >= 15 is 0 Å². The summed E-state index contributed by atoms with van der Waals surface area (Å²) in [6.45, 7) is 5.52. The molecule has 0 saturated heterocycles. The third-order valence-corrected chi connectivity index (χ3v) is 5.33. The van der Waals surface area contributed by atoms with Crippen LogP contribution in [0.1, 0.15) is 56.9 Å². The van der Waals surface area contributed by atoms with Crippen LogP contribution in [0.2, 0.25) is 5.02 Å². The third kappa shape index (κ3) is 5.29. The summed E-state index contributed by atoms with van der Waals surface area (Å²) >= 11 is 11.4. The summed E-state index contributed by atoms with van der Waals surface area (Å²) in [6, 6.07) is 2.56. The number of rotatable bonds is 8. The molecule has 1 unspecified atom stereocenters. The Hall–Kier alpha value is 0.430. The largest absolute Gasteiger partial charge is 0.309 e. The van der Waals surface area contributed by atoms with Gasteiger partial charge in [-0.3, -0.25) is 0 Å². The molecule has 0 aliphatic carbocycles. The highest BCUT2D eigenvalue weighted by Crippen LogP contribution is 2.36. The van der Waals surface area contributed by atoms with Crippen molar-refractivity contribution in [2.24, 2.45) is 0 Å². The van der Waals surface area contributed by atoms with Gasteiger partial charge in [-0.05, 0) is 41.4 Å². The molecule has 0 aliphatic heterocycles. The van der Waals surface area contributed by atoms with Crippen molar-refractivity contribution in [3.8, 4) is 0 Å². The molecule has 0 aliphatic rings. The molecule has 0 amide bonds. The van der Waals surface area contributed by atoms with Gasteiger partial charge in [-0.15, -0.1) is 11.3 Å². The molecule has 1 N–H and O–H groups in total. The minimum Gasteiger partial charge on any atom is -0.309 e. The topological polar surface area (TPSA) is 12.0 Å². The fourth-order valence-corrected chi connectivity index (χ4v) is 3.65. The molecular formula is C13H21BrClNS. The van der Waals surface area contributed by atoms with Gasteiger partial charge in [-0.25, -0.2) is 0 Å². The lowest BCUT2D eigenvalue weighted by molar-refractivity contribution is 0.480. The first-order chi connectivity index (χ1) is 8.19. The Balaban J connectivity index is 2.60. The lowest BCUT2D eigenvalue weighted by atomic mass is 10.1. The molecule has 1 aromatic heterocycles. The van der Waals surface area contributed by atoms with E-state index in [1.165, 1.54) is 37.0 Å². The summed E-state index contributed by atoms with van der Waals surface area (Å²) < 4.78 is 1.05. The molecule has 1 nitrogen and oxygen atoms in total. The summed E-state index contributed by atoms with van der Waals surface area (Å²) in [5.41, 5.74) is 0. The average Bonchev–Trinajstić information content (AvgIpc) is 2.64. The summed E-state index contributed by atoms with van der Waals surface area (Å²) in [5, 5.41) is 4.45. The number of unbranched alkanes of at least 4 members (excludes halogenated alkanes) is 2. The molecule has 98 valence electrons. The van der Waals surface area contributed by atoms with E-state index in [4.69, 9.17) is 11.6 Å². The van der Waals surface area contributed by atoms with E-state index in [1.807, 2.05) is 0 Å². The van der Waals surface area contributed by atoms with Gasteiger partial charge in [-0.2, -0.15) is 0 Å². The second-order valence-corrected chi connectivity index (χ2v) is 7.08. The Kier molecular flexibility index (Phi) is 7.76. The molecule has 0 radical (unpaired) electrons. The lowest BCUT2D eigenvalue weighted by Crippen LogP contribution is -2.21. The quantitative estimate of drug-likeness (QED) is 0.592. The van der Waals surface area contributed by atoms with Crippen LogP contribution < -0.4 is 5.32 Å². The molecule has 1 atom stereocenters. The zero-order valence-electron chi connectivity index (χ0n) is 10.6. The third-order valence-electron chi connectivity index (χ3n) is 2.74. The molecule has 0 saturated carbocycles. The molecule has 0 spiro atoms. The van der Waals surface area contributed by atoms with Crippen LogP contribution in [-0.4, -0.2) is 6.54 Å². The second kappa shape index (κ2) is 8.52. The fraction of sp³-hybridized carbons (Fsp3) is 0.692. The van der Waals surface area contributed by atoms with E-state index in [2.05, 4.69) is 41.2 Å². The summed E-state index contributed by atoms with van der Waals surface area (Å²) in [7, 11) is 0. The van der Waals surface area contributed by atoms with Crippen LogP contribution in [0.5, 0.6) is 0 Å². The highest BCUT2D eigenvalue weighted by Gasteiger charge is 2.14. The van der Waals surface area contributed by atoms with Crippen molar-refractivity contribution < 1.29 is 0 Å². The van der Waals surface area contributed by atoms with E-state index in [-0.39, 0.29) is 0 Å². The number of hydrogen-bond acceptors (Lipinski definition) is 2. The van der Waals surface area contributed by atoms with Gasteiger partial charge in [0, 0.05) is 10.9 Å². The van der Waals surface area contributed by atoms with Gasteiger partial charge in [0.25, 0.3) is 0 Å². The molecule has 1 rings (SSSR count). The van der Waals surface area contributed by atoms with Crippen molar-refractivity contribution in [2.75, 3.05) is 6.54 Å². The molecule has 0 fully saturated rings. The normalized spacial score (nSPS) is 12.9. The minimum absolute atomic E-state index is 0.468. The lowest BCUT2D eigenvalue weighted by Gasteiger charge is -2.16. The van der Waals surface area contributed by atoms with Crippen LogP contribution in [0.25, 0.3) is 0 Å². The number of thiophene rings is 1. The van der Waals surface area contributed by atoms with E-state index < -0.39 is 0 Å². The van der Waals surface area contributed by atoms with Crippen molar-refractivity contribution in [3.05, 3.63) is 19.8 Å². The zero-order chi connectivity index (χ0) is 12.7. The number of nitrogens with one attached hydrogen (secondary N) is 1. The van der Waals surface area contributed by atoms with Crippen molar-refractivity contribution in [1.82, 2.24) is 5.32 Å². The van der Waals surface area contributed by atoms with Crippen molar-refractivity contribution in [1.29, 1.82) is 0 Å². The number of halogens is 2. The van der Waals surface area contributed by atoms with Crippen LogP contribution in [0.15, 0.2) is 9.85 Å².